The van der Waals surface area contributed by atoms with Crippen LogP contribution in [0.1, 0.15) is 19.8 Å². The van der Waals surface area contributed by atoms with E-state index < -0.39 is 6.23 Å². The summed E-state index contributed by atoms with van der Waals surface area (Å²) in [6.07, 6.45) is -0.491. The van der Waals surface area contributed by atoms with Crippen LogP contribution in [0.5, 0.6) is 0 Å². The van der Waals surface area contributed by atoms with E-state index in [9.17, 15) is 0 Å². The van der Waals surface area contributed by atoms with Gasteiger partial charge in [0.15, 0.2) is 6.23 Å². The van der Waals surface area contributed by atoms with E-state index in [-0.39, 0.29) is 6.10 Å². The first-order valence-corrected chi connectivity index (χ1v) is 2.99. The first-order chi connectivity index (χ1) is 4.72. The summed E-state index contributed by atoms with van der Waals surface area (Å²) in [4.78, 5) is 2.33. The number of rotatable bonds is 4. The molecule has 1 unspecified atom stereocenters. The van der Waals surface area contributed by atoms with Gasteiger partial charge in [0.2, 0.25) is 0 Å². The highest BCUT2D eigenvalue weighted by atomic mass is 16.3. The number of hydrogen-bond donors (Lipinski definition) is 2. The second kappa shape index (κ2) is 5.05. The maximum absolute atomic E-state index is 8.85. The van der Waals surface area contributed by atoms with Crippen molar-refractivity contribution in [1.82, 2.24) is 0 Å². The molecule has 5 nitrogen and oxygen atoms in total. The summed E-state index contributed by atoms with van der Waals surface area (Å²) >= 11 is 0. The van der Waals surface area contributed by atoms with Crippen molar-refractivity contribution in [1.29, 1.82) is 0 Å². The molecule has 5 heteroatoms. The maximum Gasteiger partial charge on any atom is 0.164 e. The molecule has 1 radical (unpaired) electrons. The minimum atomic E-state index is -1.38. The lowest BCUT2D eigenvalue weighted by atomic mass is 10.2. The molecule has 2 N–H and O–H groups in total. The second-order valence-electron chi connectivity index (χ2n) is 1.82. The van der Waals surface area contributed by atoms with Gasteiger partial charge in [-0.1, -0.05) is 18.5 Å². The van der Waals surface area contributed by atoms with Gasteiger partial charge in [0.05, 0.1) is 0 Å². The molecule has 0 aromatic heterocycles. The Morgan fingerprint density at radius 3 is 2.80 bits per heavy atom. The Kier molecular flexibility index (Phi) is 4.66. The standard InChI is InChI=1S/C5H10N3O2/c1-2-3-4(9)5(10)7-8-6/h5,9-10H,2-3H2,1H3. The number of aliphatic hydroxyl groups excluding tert-OH is 2. The first kappa shape index (κ1) is 9.23. The van der Waals surface area contributed by atoms with Gasteiger partial charge < -0.3 is 10.2 Å². The number of azide groups is 1. The molecular weight excluding hydrogens is 134 g/mol. The molecular formula is C5H10N3O2. The number of hydrogen-bond acceptors (Lipinski definition) is 3. The molecule has 0 aliphatic carbocycles. The predicted octanol–water partition coefficient (Wildman–Crippen LogP) is 1.32. The van der Waals surface area contributed by atoms with E-state index in [1.54, 1.807) is 0 Å². The molecule has 0 aliphatic heterocycles. The van der Waals surface area contributed by atoms with Crippen LogP contribution < -0.4 is 0 Å². The molecule has 0 aromatic rings. The molecule has 0 spiro atoms. The zero-order chi connectivity index (χ0) is 7.98. The average Bonchev–Trinajstić information content (AvgIpc) is 1.89. The van der Waals surface area contributed by atoms with Crippen LogP contribution in [0.2, 0.25) is 0 Å². The molecule has 0 saturated carbocycles. The topological polar surface area (TPSA) is 89.2 Å². The van der Waals surface area contributed by atoms with E-state index in [2.05, 4.69) is 10.0 Å². The fraction of sp³-hybridized carbons (Fsp3) is 0.800. The fourth-order valence-electron chi connectivity index (χ4n) is 0.501. The fourth-order valence-corrected chi connectivity index (χ4v) is 0.501. The predicted molar refractivity (Wildman–Crippen MR) is 35.2 cm³/mol. The van der Waals surface area contributed by atoms with E-state index >= 15 is 0 Å². The van der Waals surface area contributed by atoms with Crippen LogP contribution in [0.3, 0.4) is 0 Å². The van der Waals surface area contributed by atoms with Crippen molar-refractivity contribution in [2.45, 2.75) is 26.0 Å². The van der Waals surface area contributed by atoms with Gasteiger partial charge in [-0.3, -0.25) is 0 Å². The van der Waals surface area contributed by atoms with Gasteiger partial charge >= 0.3 is 0 Å². The molecule has 0 heterocycles. The Hall–Kier alpha value is -0.770. The van der Waals surface area contributed by atoms with Gasteiger partial charge in [-0.05, 0) is 12.0 Å². The average molecular weight is 144 g/mol. The Morgan fingerprint density at radius 2 is 2.40 bits per heavy atom. The summed E-state index contributed by atoms with van der Waals surface area (Å²) in [5.74, 6) is 0. The highest BCUT2D eigenvalue weighted by molar-refractivity contribution is 4.82. The molecule has 0 aliphatic rings. The van der Waals surface area contributed by atoms with Gasteiger partial charge in [-0.15, -0.1) is 0 Å². The molecule has 1 atom stereocenters. The summed E-state index contributed by atoms with van der Waals surface area (Å²) in [5.41, 5.74) is 7.83. The van der Waals surface area contributed by atoms with Crippen LogP contribution >= 0.6 is 0 Å². The van der Waals surface area contributed by atoms with Gasteiger partial charge in [0.1, 0.15) is 6.10 Å². The summed E-state index contributed by atoms with van der Waals surface area (Å²) in [5, 5.41) is 20.5. The van der Waals surface area contributed by atoms with Gasteiger partial charge in [-0.25, -0.2) is 0 Å². The first-order valence-electron chi connectivity index (χ1n) is 2.99. The largest absolute Gasteiger partial charge is 0.384 e. The van der Waals surface area contributed by atoms with Crippen LogP contribution in [0, 0.1) is 6.10 Å². The van der Waals surface area contributed by atoms with E-state index in [0.29, 0.717) is 12.8 Å². The normalized spacial score (nSPS) is 12.8. The lowest BCUT2D eigenvalue weighted by Crippen LogP contribution is -2.13. The number of aliphatic hydroxyl groups is 2. The molecule has 0 rings (SSSR count). The Labute approximate surface area is 58.9 Å². The van der Waals surface area contributed by atoms with Crippen LogP contribution in [0.25, 0.3) is 10.4 Å². The monoisotopic (exact) mass is 144 g/mol. The van der Waals surface area contributed by atoms with E-state index in [1.807, 2.05) is 6.92 Å². The Morgan fingerprint density at radius 1 is 1.80 bits per heavy atom. The third-order valence-electron chi connectivity index (χ3n) is 0.965. The zero-order valence-corrected chi connectivity index (χ0v) is 5.73. The van der Waals surface area contributed by atoms with E-state index in [0.717, 1.165) is 0 Å². The Balaban J connectivity index is 3.69. The minimum Gasteiger partial charge on any atom is -0.384 e. The SMILES string of the molecule is CCC[C](O)C(O)N=[N+]=[N-]. The zero-order valence-electron chi connectivity index (χ0n) is 5.73. The van der Waals surface area contributed by atoms with Crippen LogP contribution in [-0.4, -0.2) is 16.4 Å². The second-order valence-corrected chi connectivity index (χ2v) is 1.82. The maximum atomic E-state index is 8.85. The quantitative estimate of drug-likeness (QED) is 0.354. The van der Waals surface area contributed by atoms with Crippen molar-refractivity contribution in [2.24, 2.45) is 5.11 Å². The van der Waals surface area contributed by atoms with E-state index in [1.165, 1.54) is 0 Å². The molecule has 0 bridgehead atoms. The summed E-state index contributed by atoms with van der Waals surface area (Å²) in [6.45, 7) is 1.85. The van der Waals surface area contributed by atoms with Crippen LogP contribution in [-0.2, 0) is 0 Å². The highest BCUT2D eigenvalue weighted by Crippen LogP contribution is 2.10. The third-order valence-corrected chi connectivity index (χ3v) is 0.965. The lowest BCUT2D eigenvalue weighted by Gasteiger charge is -2.08. The molecule has 10 heavy (non-hydrogen) atoms. The lowest BCUT2D eigenvalue weighted by molar-refractivity contribution is 0.0964. The van der Waals surface area contributed by atoms with Crippen molar-refractivity contribution < 1.29 is 10.2 Å². The molecule has 57 valence electrons. The Bertz CT molecular complexity index is 133. The molecule has 0 amide bonds. The van der Waals surface area contributed by atoms with Crippen molar-refractivity contribution in [2.75, 3.05) is 0 Å². The van der Waals surface area contributed by atoms with Crippen LogP contribution in [0.15, 0.2) is 5.11 Å². The van der Waals surface area contributed by atoms with Crippen molar-refractivity contribution in [3.63, 3.8) is 0 Å². The van der Waals surface area contributed by atoms with Crippen LogP contribution in [0.4, 0.5) is 0 Å². The van der Waals surface area contributed by atoms with Gasteiger partial charge in [0, 0.05) is 4.91 Å². The van der Waals surface area contributed by atoms with Crippen molar-refractivity contribution >= 4 is 0 Å². The van der Waals surface area contributed by atoms with Crippen molar-refractivity contribution in [3.05, 3.63) is 16.5 Å². The smallest absolute Gasteiger partial charge is 0.164 e. The number of nitrogens with zero attached hydrogens (tertiary/aromatic N) is 3. The van der Waals surface area contributed by atoms with Gasteiger partial charge in [0.25, 0.3) is 0 Å². The highest BCUT2D eigenvalue weighted by Gasteiger charge is 2.13. The van der Waals surface area contributed by atoms with Crippen molar-refractivity contribution in [3.8, 4) is 0 Å². The third kappa shape index (κ3) is 3.29. The summed E-state index contributed by atoms with van der Waals surface area (Å²) < 4.78 is 0. The van der Waals surface area contributed by atoms with E-state index in [4.69, 9.17) is 15.7 Å². The summed E-state index contributed by atoms with van der Waals surface area (Å²) in [7, 11) is 0. The van der Waals surface area contributed by atoms with Gasteiger partial charge in [-0.2, -0.15) is 0 Å². The summed E-state index contributed by atoms with van der Waals surface area (Å²) in [6, 6.07) is 0. The molecule has 0 fully saturated rings. The molecule has 0 aromatic carbocycles. The molecule has 0 saturated heterocycles. The minimum absolute atomic E-state index is 0.180.